The van der Waals surface area contributed by atoms with E-state index in [0.717, 1.165) is 29.6 Å². The van der Waals surface area contributed by atoms with Gasteiger partial charge < -0.3 is 10.6 Å². The van der Waals surface area contributed by atoms with E-state index in [1.165, 1.54) is 25.3 Å². The van der Waals surface area contributed by atoms with Crippen LogP contribution in [0.1, 0.15) is 24.8 Å². The summed E-state index contributed by atoms with van der Waals surface area (Å²) in [5.74, 6) is -0.198. The standard InChI is InChI=1S/C14H21FN2S/c1-18-13-3-2-7-17(8-6-13)14-5-4-12(15)9-11(14)10-16/h4-5,9,13H,2-3,6-8,10,16H2,1H3. The molecule has 0 aromatic heterocycles. The van der Waals surface area contributed by atoms with Crippen molar-refractivity contribution in [2.24, 2.45) is 5.73 Å². The van der Waals surface area contributed by atoms with Crippen molar-refractivity contribution in [2.45, 2.75) is 31.1 Å². The molecule has 1 atom stereocenters. The van der Waals surface area contributed by atoms with Crippen LogP contribution in [0.4, 0.5) is 10.1 Å². The van der Waals surface area contributed by atoms with Crippen LogP contribution in [0.15, 0.2) is 18.2 Å². The summed E-state index contributed by atoms with van der Waals surface area (Å²) < 4.78 is 13.2. The molecule has 1 aliphatic rings. The molecule has 1 saturated heterocycles. The number of benzene rings is 1. The average molecular weight is 268 g/mol. The summed E-state index contributed by atoms with van der Waals surface area (Å²) in [7, 11) is 0. The van der Waals surface area contributed by atoms with Crippen LogP contribution in [0.25, 0.3) is 0 Å². The third-order valence-corrected chi connectivity index (χ3v) is 4.75. The molecule has 100 valence electrons. The molecule has 0 spiro atoms. The largest absolute Gasteiger partial charge is 0.371 e. The van der Waals surface area contributed by atoms with Gasteiger partial charge in [-0.3, -0.25) is 0 Å². The average Bonchev–Trinajstić information content (AvgIpc) is 2.63. The van der Waals surface area contributed by atoms with Crippen molar-refractivity contribution in [1.29, 1.82) is 0 Å². The minimum Gasteiger partial charge on any atom is -0.371 e. The van der Waals surface area contributed by atoms with E-state index >= 15 is 0 Å². The van der Waals surface area contributed by atoms with Gasteiger partial charge in [-0.05, 0) is 49.3 Å². The molecule has 2 rings (SSSR count). The molecule has 2 N–H and O–H groups in total. The quantitative estimate of drug-likeness (QED) is 0.913. The number of rotatable bonds is 3. The number of halogens is 1. The number of thioether (sulfide) groups is 1. The Labute approximate surface area is 113 Å². The first-order valence-electron chi connectivity index (χ1n) is 6.51. The number of anilines is 1. The van der Waals surface area contributed by atoms with Gasteiger partial charge >= 0.3 is 0 Å². The number of nitrogens with two attached hydrogens (primary N) is 1. The van der Waals surface area contributed by atoms with E-state index in [9.17, 15) is 4.39 Å². The highest BCUT2D eigenvalue weighted by Crippen LogP contribution is 2.27. The molecule has 1 aromatic rings. The van der Waals surface area contributed by atoms with Crippen molar-refractivity contribution in [3.05, 3.63) is 29.6 Å². The maximum absolute atomic E-state index is 13.2. The molecule has 1 fully saturated rings. The van der Waals surface area contributed by atoms with Gasteiger partial charge in [-0.15, -0.1) is 0 Å². The molecule has 18 heavy (non-hydrogen) atoms. The summed E-state index contributed by atoms with van der Waals surface area (Å²) in [6.45, 7) is 2.50. The molecular formula is C14H21FN2S. The topological polar surface area (TPSA) is 29.3 Å². The number of hydrogen-bond acceptors (Lipinski definition) is 3. The van der Waals surface area contributed by atoms with E-state index in [1.807, 2.05) is 17.8 Å². The van der Waals surface area contributed by atoms with E-state index in [2.05, 4.69) is 11.2 Å². The van der Waals surface area contributed by atoms with Gasteiger partial charge in [0, 0.05) is 30.6 Å². The smallest absolute Gasteiger partial charge is 0.123 e. The number of hydrogen-bond donors (Lipinski definition) is 1. The molecule has 0 bridgehead atoms. The zero-order valence-corrected chi connectivity index (χ0v) is 11.7. The molecule has 1 aliphatic heterocycles. The van der Waals surface area contributed by atoms with Crippen molar-refractivity contribution in [2.75, 3.05) is 24.2 Å². The lowest BCUT2D eigenvalue weighted by Crippen LogP contribution is -2.26. The Morgan fingerprint density at radius 2 is 2.22 bits per heavy atom. The van der Waals surface area contributed by atoms with E-state index < -0.39 is 0 Å². The Kier molecular flexibility index (Phi) is 4.89. The van der Waals surface area contributed by atoms with E-state index in [1.54, 1.807) is 6.07 Å². The summed E-state index contributed by atoms with van der Waals surface area (Å²) in [4.78, 5) is 2.36. The third-order valence-electron chi connectivity index (χ3n) is 3.61. The second-order valence-electron chi connectivity index (χ2n) is 4.75. The highest BCUT2D eigenvalue weighted by molar-refractivity contribution is 7.99. The molecule has 4 heteroatoms. The SMILES string of the molecule is CSC1CCCN(c2ccc(F)cc2CN)CC1. The summed E-state index contributed by atoms with van der Waals surface area (Å²) in [5.41, 5.74) is 7.75. The van der Waals surface area contributed by atoms with Crippen molar-refractivity contribution in [3.8, 4) is 0 Å². The molecule has 1 aromatic carbocycles. The summed E-state index contributed by atoms with van der Waals surface area (Å²) in [6.07, 6.45) is 5.86. The second kappa shape index (κ2) is 6.43. The van der Waals surface area contributed by atoms with Crippen LogP contribution in [0.3, 0.4) is 0 Å². The Balaban J connectivity index is 2.15. The van der Waals surface area contributed by atoms with E-state index in [4.69, 9.17) is 5.73 Å². The number of nitrogens with zero attached hydrogens (tertiary/aromatic N) is 1. The lowest BCUT2D eigenvalue weighted by molar-refractivity contribution is 0.624. The molecule has 1 unspecified atom stereocenters. The predicted molar refractivity (Wildman–Crippen MR) is 77.7 cm³/mol. The first-order valence-corrected chi connectivity index (χ1v) is 7.79. The fraction of sp³-hybridized carbons (Fsp3) is 0.571. The first-order chi connectivity index (χ1) is 8.74. The zero-order valence-electron chi connectivity index (χ0n) is 10.9. The van der Waals surface area contributed by atoms with Crippen LogP contribution in [0.2, 0.25) is 0 Å². The Morgan fingerprint density at radius 3 is 2.94 bits per heavy atom. The Hall–Kier alpha value is -0.740. The lowest BCUT2D eigenvalue weighted by Gasteiger charge is -2.25. The molecule has 0 aliphatic carbocycles. The third kappa shape index (κ3) is 3.18. The van der Waals surface area contributed by atoms with Gasteiger partial charge in [0.1, 0.15) is 5.82 Å². The van der Waals surface area contributed by atoms with Gasteiger partial charge in [0.15, 0.2) is 0 Å². The van der Waals surface area contributed by atoms with E-state index in [0.29, 0.717) is 6.54 Å². The second-order valence-corrected chi connectivity index (χ2v) is 5.89. The molecular weight excluding hydrogens is 247 g/mol. The summed E-state index contributed by atoms with van der Waals surface area (Å²) >= 11 is 1.96. The van der Waals surface area contributed by atoms with Crippen molar-refractivity contribution in [1.82, 2.24) is 0 Å². The Bertz CT molecular complexity index is 397. The first kappa shape index (κ1) is 13.7. The van der Waals surface area contributed by atoms with Crippen molar-refractivity contribution >= 4 is 17.4 Å². The minimum absolute atomic E-state index is 0.198. The van der Waals surface area contributed by atoms with Crippen LogP contribution >= 0.6 is 11.8 Å². The van der Waals surface area contributed by atoms with Gasteiger partial charge in [0.05, 0.1) is 0 Å². The monoisotopic (exact) mass is 268 g/mol. The van der Waals surface area contributed by atoms with Gasteiger partial charge in [-0.1, -0.05) is 0 Å². The van der Waals surface area contributed by atoms with Gasteiger partial charge in [-0.25, -0.2) is 4.39 Å². The molecule has 1 heterocycles. The Morgan fingerprint density at radius 1 is 1.39 bits per heavy atom. The highest BCUT2D eigenvalue weighted by atomic mass is 32.2. The van der Waals surface area contributed by atoms with E-state index in [-0.39, 0.29) is 5.82 Å². The maximum atomic E-state index is 13.2. The molecule has 2 nitrogen and oxygen atoms in total. The molecule has 0 amide bonds. The van der Waals surface area contributed by atoms with Crippen LogP contribution < -0.4 is 10.6 Å². The lowest BCUT2D eigenvalue weighted by atomic mass is 10.1. The maximum Gasteiger partial charge on any atom is 0.123 e. The van der Waals surface area contributed by atoms with Gasteiger partial charge in [0.2, 0.25) is 0 Å². The summed E-state index contributed by atoms with van der Waals surface area (Å²) in [6, 6.07) is 4.97. The summed E-state index contributed by atoms with van der Waals surface area (Å²) in [5, 5.41) is 0.761. The van der Waals surface area contributed by atoms with Crippen LogP contribution in [0, 0.1) is 5.82 Å². The zero-order chi connectivity index (χ0) is 13.0. The van der Waals surface area contributed by atoms with Crippen molar-refractivity contribution in [3.63, 3.8) is 0 Å². The van der Waals surface area contributed by atoms with Crippen LogP contribution in [-0.2, 0) is 6.54 Å². The predicted octanol–water partition coefficient (Wildman–Crippen LogP) is 3.01. The van der Waals surface area contributed by atoms with Crippen molar-refractivity contribution < 1.29 is 4.39 Å². The fourth-order valence-electron chi connectivity index (χ4n) is 2.57. The normalized spacial score (nSPS) is 20.8. The fourth-order valence-corrected chi connectivity index (χ4v) is 3.31. The van der Waals surface area contributed by atoms with Crippen LogP contribution in [0.5, 0.6) is 0 Å². The van der Waals surface area contributed by atoms with Gasteiger partial charge in [-0.2, -0.15) is 11.8 Å². The molecule has 0 saturated carbocycles. The molecule has 0 radical (unpaired) electrons. The highest BCUT2D eigenvalue weighted by Gasteiger charge is 2.18. The minimum atomic E-state index is -0.198. The van der Waals surface area contributed by atoms with Crippen LogP contribution in [-0.4, -0.2) is 24.6 Å². The van der Waals surface area contributed by atoms with Gasteiger partial charge in [0.25, 0.3) is 0 Å².